The van der Waals surface area contributed by atoms with Crippen molar-refractivity contribution in [3.8, 4) is 0 Å². The fraction of sp³-hybridized carbons (Fsp3) is 0.400. The number of carbonyl (C=O) groups excluding carboxylic acids is 1. The average Bonchev–Trinajstić information content (AvgIpc) is 2.46. The Hall–Kier alpha value is -0.610. The first kappa shape index (κ1) is 16.4. The van der Waals surface area contributed by atoms with Gasteiger partial charge in [-0.1, -0.05) is 24.3 Å². The molecule has 2 rings (SSSR count). The van der Waals surface area contributed by atoms with Gasteiger partial charge in [-0.2, -0.15) is 0 Å². The van der Waals surface area contributed by atoms with Crippen LogP contribution in [0.1, 0.15) is 30.2 Å². The van der Waals surface area contributed by atoms with E-state index in [1.165, 1.54) is 7.11 Å². The molecule has 0 unspecified atom stereocenters. The number of esters is 1. The van der Waals surface area contributed by atoms with Crippen LogP contribution in [0.25, 0.3) is 6.08 Å². The van der Waals surface area contributed by atoms with Gasteiger partial charge in [0, 0.05) is 13.2 Å². The molecule has 1 aliphatic heterocycles. The molecule has 0 atom stereocenters. The maximum atomic E-state index is 11.3. The fourth-order valence-corrected chi connectivity index (χ4v) is 2.00. The van der Waals surface area contributed by atoms with Gasteiger partial charge in [-0.15, -0.1) is 0 Å². The minimum atomic E-state index is -0.296. The molecule has 4 heteroatoms. The number of ether oxygens (including phenoxy) is 2. The Balaban J connectivity index is 0.00000180. The third kappa shape index (κ3) is 5.11. The quantitative estimate of drug-likeness (QED) is 0.574. The SMILES string of the molecule is COC(=O)c1ccc(C=CC2CCOCC2)cc1.[H-].[Na+]. The van der Waals surface area contributed by atoms with Crippen molar-refractivity contribution in [1.82, 2.24) is 0 Å². The average molecular weight is 270 g/mol. The number of hydrogen-bond donors (Lipinski definition) is 0. The summed E-state index contributed by atoms with van der Waals surface area (Å²) in [6, 6.07) is 7.44. The summed E-state index contributed by atoms with van der Waals surface area (Å²) in [7, 11) is 1.39. The van der Waals surface area contributed by atoms with Crippen LogP contribution >= 0.6 is 0 Å². The van der Waals surface area contributed by atoms with E-state index in [4.69, 9.17) is 4.74 Å². The van der Waals surface area contributed by atoms with Gasteiger partial charge in [-0.25, -0.2) is 4.79 Å². The van der Waals surface area contributed by atoms with Crippen LogP contribution in [0.3, 0.4) is 0 Å². The Kier molecular flexibility index (Phi) is 7.39. The molecule has 0 amide bonds. The number of allylic oxidation sites excluding steroid dienone is 1. The second kappa shape index (κ2) is 8.54. The molecule has 3 nitrogen and oxygen atoms in total. The summed E-state index contributed by atoms with van der Waals surface area (Å²) >= 11 is 0. The number of methoxy groups -OCH3 is 1. The zero-order chi connectivity index (χ0) is 12.8. The molecule has 0 spiro atoms. The van der Waals surface area contributed by atoms with Gasteiger partial charge < -0.3 is 10.9 Å². The summed E-state index contributed by atoms with van der Waals surface area (Å²) in [5.41, 5.74) is 1.69. The molecular formula is C15H19NaO3. The Labute approximate surface area is 137 Å². The minimum absolute atomic E-state index is 0. The maximum absolute atomic E-state index is 11.3. The van der Waals surface area contributed by atoms with Gasteiger partial charge >= 0.3 is 35.5 Å². The van der Waals surface area contributed by atoms with E-state index in [0.717, 1.165) is 31.6 Å². The molecule has 1 heterocycles. The van der Waals surface area contributed by atoms with Crippen LogP contribution in [0, 0.1) is 5.92 Å². The Bertz CT molecular complexity index is 425. The van der Waals surface area contributed by atoms with Crippen LogP contribution in [0.2, 0.25) is 0 Å². The van der Waals surface area contributed by atoms with Crippen molar-refractivity contribution in [2.45, 2.75) is 12.8 Å². The first-order chi connectivity index (χ1) is 8.79. The van der Waals surface area contributed by atoms with Gasteiger partial charge in [0.05, 0.1) is 12.7 Å². The molecule has 98 valence electrons. The van der Waals surface area contributed by atoms with Crippen molar-refractivity contribution in [3.63, 3.8) is 0 Å². The Morgan fingerprint density at radius 1 is 1.32 bits per heavy atom. The maximum Gasteiger partial charge on any atom is 1.00 e. The molecule has 0 aliphatic carbocycles. The van der Waals surface area contributed by atoms with Crippen molar-refractivity contribution in [1.29, 1.82) is 0 Å². The van der Waals surface area contributed by atoms with Crippen LogP contribution in [0.5, 0.6) is 0 Å². The Morgan fingerprint density at radius 3 is 2.53 bits per heavy atom. The zero-order valence-corrected chi connectivity index (χ0v) is 13.6. The zero-order valence-electron chi connectivity index (χ0n) is 12.6. The molecule has 0 radical (unpaired) electrons. The van der Waals surface area contributed by atoms with Gasteiger partial charge in [0.2, 0.25) is 0 Å². The molecule has 1 aromatic carbocycles. The van der Waals surface area contributed by atoms with Crippen LogP contribution in [-0.4, -0.2) is 26.3 Å². The summed E-state index contributed by atoms with van der Waals surface area (Å²) in [5.74, 6) is 0.314. The van der Waals surface area contributed by atoms with Crippen molar-refractivity contribution < 1.29 is 45.3 Å². The van der Waals surface area contributed by atoms with Crippen LogP contribution in [0.4, 0.5) is 0 Å². The molecule has 0 bridgehead atoms. The standard InChI is InChI=1S/C15H18O3.Na.H/c1-17-15(16)14-6-4-12(5-7-14)2-3-13-8-10-18-11-9-13;;/h2-7,13H,8-11H2,1H3;;/q;+1;-1. The van der Waals surface area contributed by atoms with E-state index in [1.54, 1.807) is 12.1 Å². The van der Waals surface area contributed by atoms with Gasteiger partial charge in [-0.3, -0.25) is 0 Å². The number of rotatable bonds is 3. The molecule has 0 saturated carbocycles. The van der Waals surface area contributed by atoms with Crippen LogP contribution in [0.15, 0.2) is 30.3 Å². The Morgan fingerprint density at radius 2 is 1.95 bits per heavy atom. The van der Waals surface area contributed by atoms with E-state index in [0.29, 0.717) is 11.5 Å². The van der Waals surface area contributed by atoms with E-state index in [1.807, 2.05) is 12.1 Å². The third-order valence-corrected chi connectivity index (χ3v) is 3.16. The van der Waals surface area contributed by atoms with Gasteiger partial charge in [0.1, 0.15) is 0 Å². The molecule has 1 saturated heterocycles. The van der Waals surface area contributed by atoms with Crippen molar-refractivity contribution >= 4 is 12.0 Å². The summed E-state index contributed by atoms with van der Waals surface area (Å²) in [5, 5.41) is 0. The minimum Gasteiger partial charge on any atom is -1.00 e. The van der Waals surface area contributed by atoms with Gasteiger partial charge in [-0.05, 0) is 36.5 Å². The first-order valence-corrected chi connectivity index (χ1v) is 6.24. The molecule has 19 heavy (non-hydrogen) atoms. The molecule has 0 N–H and O–H groups in total. The van der Waals surface area contributed by atoms with E-state index in [-0.39, 0.29) is 37.0 Å². The van der Waals surface area contributed by atoms with Crippen LogP contribution < -0.4 is 29.6 Å². The summed E-state index contributed by atoms with van der Waals surface area (Å²) in [6.45, 7) is 1.71. The normalized spacial score (nSPS) is 16.1. The fourth-order valence-electron chi connectivity index (χ4n) is 2.00. The van der Waals surface area contributed by atoms with Gasteiger partial charge in [0.25, 0.3) is 0 Å². The molecular weight excluding hydrogens is 251 g/mol. The van der Waals surface area contributed by atoms with E-state index >= 15 is 0 Å². The van der Waals surface area contributed by atoms with E-state index in [2.05, 4.69) is 16.9 Å². The van der Waals surface area contributed by atoms with Crippen molar-refractivity contribution in [2.75, 3.05) is 20.3 Å². The predicted octanol–water partition coefficient (Wildman–Crippen LogP) is 0.0295. The third-order valence-electron chi connectivity index (χ3n) is 3.16. The second-order valence-corrected chi connectivity index (χ2v) is 4.42. The smallest absolute Gasteiger partial charge is 1.00 e. The van der Waals surface area contributed by atoms with E-state index in [9.17, 15) is 4.79 Å². The first-order valence-electron chi connectivity index (χ1n) is 6.24. The number of benzene rings is 1. The van der Waals surface area contributed by atoms with E-state index < -0.39 is 0 Å². The molecule has 1 aromatic rings. The largest absolute Gasteiger partial charge is 1.00 e. The topological polar surface area (TPSA) is 35.5 Å². The molecule has 1 aliphatic rings. The van der Waals surface area contributed by atoms with Gasteiger partial charge in [0.15, 0.2) is 0 Å². The summed E-state index contributed by atoms with van der Waals surface area (Å²) in [4.78, 5) is 11.3. The molecule has 1 fully saturated rings. The summed E-state index contributed by atoms with van der Waals surface area (Å²) < 4.78 is 9.98. The second-order valence-electron chi connectivity index (χ2n) is 4.42. The molecule has 0 aromatic heterocycles. The van der Waals surface area contributed by atoms with Crippen LogP contribution in [-0.2, 0) is 9.47 Å². The monoisotopic (exact) mass is 270 g/mol. The number of hydrogen-bond acceptors (Lipinski definition) is 3. The number of carbonyl (C=O) groups is 1. The predicted molar refractivity (Wildman–Crippen MR) is 71.5 cm³/mol. The van der Waals surface area contributed by atoms with Crippen molar-refractivity contribution in [3.05, 3.63) is 41.5 Å². The van der Waals surface area contributed by atoms with Crippen molar-refractivity contribution in [2.24, 2.45) is 5.92 Å². The summed E-state index contributed by atoms with van der Waals surface area (Å²) in [6.07, 6.45) is 6.53.